The van der Waals surface area contributed by atoms with E-state index >= 15 is 0 Å². The molecular weight excluding hydrogens is 618 g/mol. The molecule has 2 aromatic carbocycles. The van der Waals surface area contributed by atoms with Crippen molar-refractivity contribution in [3.63, 3.8) is 0 Å². The predicted molar refractivity (Wildman–Crippen MR) is 161 cm³/mol. The van der Waals surface area contributed by atoms with Crippen molar-refractivity contribution in [3.05, 3.63) is 53.6 Å². The lowest BCUT2D eigenvalue weighted by atomic mass is 9.70. The summed E-state index contributed by atoms with van der Waals surface area (Å²) in [7, 11) is 0. The Morgan fingerprint density at radius 1 is 1.07 bits per heavy atom. The number of nitrogens with one attached hydrogen (secondary N) is 2. The second-order valence-corrected chi connectivity index (χ2v) is 13.6. The molecule has 3 N–H and O–H groups in total. The molecule has 3 saturated heterocycles. The molecule has 3 aliphatic rings. The van der Waals surface area contributed by atoms with Crippen LogP contribution in [0.15, 0.2) is 48.5 Å². The highest BCUT2D eigenvalue weighted by Gasteiger charge is 2.75. The molecule has 2 aromatic rings. The van der Waals surface area contributed by atoms with Gasteiger partial charge in [0.2, 0.25) is 17.7 Å². The van der Waals surface area contributed by atoms with Crippen LogP contribution in [-0.4, -0.2) is 68.4 Å². The van der Waals surface area contributed by atoms with Crippen LogP contribution >= 0.6 is 39.3 Å². The van der Waals surface area contributed by atoms with Crippen LogP contribution in [0.25, 0.3) is 0 Å². The molecule has 214 valence electrons. The number of benzene rings is 2. The maximum Gasteiger partial charge on any atom is 0.248 e. The summed E-state index contributed by atoms with van der Waals surface area (Å²) >= 11 is 11.4. The number of unbranched alkanes of at least 4 members (excludes halogenated alkanes) is 2. The van der Waals surface area contributed by atoms with Gasteiger partial charge in [-0.15, -0.1) is 11.8 Å². The first kappa shape index (κ1) is 29.2. The van der Waals surface area contributed by atoms with Gasteiger partial charge < -0.3 is 25.4 Å². The largest absolute Gasteiger partial charge is 0.494 e. The molecular formula is C29H33BrClN3O5S. The molecule has 8 nitrogen and oxygen atoms in total. The monoisotopic (exact) mass is 649 g/mol. The maximum atomic E-state index is 14.1. The molecule has 0 radical (unpaired) electrons. The van der Waals surface area contributed by atoms with E-state index < -0.39 is 22.6 Å². The highest BCUT2D eigenvalue weighted by Crippen LogP contribution is 2.67. The first-order valence-electron chi connectivity index (χ1n) is 13.6. The van der Waals surface area contributed by atoms with E-state index in [0.29, 0.717) is 54.6 Å². The molecule has 6 atom stereocenters. The number of hydrogen-bond donors (Lipinski definition) is 3. The number of aliphatic hydroxyl groups is 1. The Labute approximate surface area is 251 Å². The zero-order valence-electron chi connectivity index (χ0n) is 22.1. The standard InChI is InChI=1S/C29H33BrClN3O5S/c1-2-39-20-12-10-19(11-13-20)32-26(36)22-23-28(38)34(14-4-3-5-15-35)25(29(23)16-21(30)24(22)40-29)27(37)33-18-8-6-17(31)7-9-18/h6-13,21-25,35H,2-5,14-16H2,1H3,(H,32,36)(H,33,37)/t21?,22-,23-,24-,25?,29?/m0/s1. The molecule has 3 heterocycles. The molecule has 5 rings (SSSR count). The lowest BCUT2D eigenvalue weighted by Gasteiger charge is -2.35. The molecule has 0 aliphatic carbocycles. The Morgan fingerprint density at radius 3 is 2.38 bits per heavy atom. The normalized spacial score (nSPS) is 28.4. The van der Waals surface area contributed by atoms with Crippen LogP contribution < -0.4 is 15.4 Å². The van der Waals surface area contributed by atoms with Gasteiger partial charge in [0.15, 0.2) is 0 Å². The number of ether oxygens (including phenoxy) is 1. The van der Waals surface area contributed by atoms with E-state index in [2.05, 4.69) is 26.6 Å². The lowest BCUT2D eigenvalue weighted by Crippen LogP contribution is -2.52. The number of rotatable bonds is 11. The minimum absolute atomic E-state index is 0.0159. The van der Waals surface area contributed by atoms with Crippen LogP contribution in [0.5, 0.6) is 5.75 Å². The molecule has 1 spiro atoms. The smallest absolute Gasteiger partial charge is 0.248 e. The quantitative estimate of drug-likeness (QED) is 0.235. The number of fused-ring (bicyclic) bond motifs is 1. The second kappa shape index (κ2) is 12.3. The molecule has 11 heteroatoms. The van der Waals surface area contributed by atoms with Crippen molar-refractivity contribution < 1.29 is 24.2 Å². The van der Waals surface area contributed by atoms with Crippen molar-refractivity contribution in [2.45, 2.75) is 53.5 Å². The summed E-state index contributed by atoms with van der Waals surface area (Å²) in [5, 5.41) is 15.7. The highest BCUT2D eigenvalue weighted by atomic mass is 79.9. The Bertz CT molecular complexity index is 1250. The van der Waals surface area contributed by atoms with Crippen molar-refractivity contribution in [2.75, 3.05) is 30.4 Å². The first-order chi connectivity index (χ1) is 19.3. The molecule has 3 amide bonds. The van der Waals surface area contributed by atoms with Crippen LogP contribution in [-0.2, 0) is 14.4 Å². The van der Waals surface area contributed by atoms with Gasteiger partial charge in [0.05, 0.1) is 23.2 Å². The number of likely N-dealkylation sites (tertiary alicyclic amines) is 1. The molecule has 0 saturated carbocycles. The Kier molecular flexibility index (Phi) is 8.99. The number of thioether (sulfide) groups is 1. The zero-order chi connectivity index (χ0) is 28.4. The molecule has 0 aromatic heterocycles. The van der Waals surface area contributed by atoms with Gasteiger partial charge in [0.25, 0.3) is 0 Å². The Balaban J connectivity index is 1.42. The molecule has 3 unspecified atom stereocenters. The van der Waals surface area contributed by atoms with E-state index in [9.17, 15) is 19.5 Å². The average Bonchev–Trinajstić information content (AvgIpc) is 3.52. The molecule has 3 aliphatic heterocycles. The number of hydrogen-bond acceptors (Lipinski definition) is 6. The fourth-order valence-electron chi connectivity index (χ4n) is 6.31. The Morgan fingerprint density at radius 2 is 1.73 bits per heavy atom. The van der Waals surface area contributed by atoms with Crippen molar-refractivity contribution >= 4 is 68.4 Å². The summed E-state index contributed by atoms with van der Waals surface area (Å²) in [5.41, 5.74) is 1.23. The summed E-state index contributed by atoms with van der Waals surface area (Å²) < 4.78 is 4.77. The number of amides is 3. The summed E-state index contributed by atoms with van der Waals surface area (Å²) in [5.74, 6) is -1.12. The van der Waals surface area contributed by atoms with Crippen molar-refractivity contribution in [1.29, 1.82) is 0 Å². The fourth-order valence-corrected chi connectivity index (χ4v) is 10.1. The number of alkyl halides is 1. The third kappa shape index (κ3) is 5.47. The summed E-state index contributed by atoms with van der Waals surface area (Å²) in [6.45, 7) is 2.93. The van der Waals surface area contributed by atoms with Crippen molar-refractivity contribution in [1.82, 2.24) is 4.90 Å². The van der Waals surface area contributed by atoms with E-state index in [4.69, 9.17) is 16.3 Å². The van der Waals surface area contributed by atoms with E-state index in [0.717, 1.165) is 6.42 Å². The van der Waals surface area contributed by atoms with Gasteiger partial charge in [0.1, 0.15) is 11.8 Å². The topological polar surface area (TPSA) is 108 Å². The number of nitrogens with zero attached hydrogens (tertiary/aromatic N) is 1. The third-order valence-corrected chi connectivity index (χ3v) is 11.4. The third-order valence-electron chi connectivity index (χ3n) is 7.94. The number of aliphatic hydroxyl groups excluding tert-OH is 1. The predicted octanol–water partition coefficient (Wildman–Crippen LogP) is 4.94. The van der Waals surface area contributed by atoms with Gasteiger partial charge >= 0.3 is 0 Å². The number of anilines is 2. The van der Waals surface area contributed by atoms with Gasteiger partial charge in [-0.25, -0.2) is 0 Å². The van der Waals surface area contributed by atoms with Crippen LogP contribution in [0, 0.1) is 11.8 Å². The van der Waals surface area contributed by atoms with Gasteiger partial charge in [-0.2, -0.15) is 0 Å². The SMILES string of the molecule is CCOc1ccc(NC(=O)[C@H]2[C@H]3C(=O)N(CCCCCO)C(C(=O)Nc4ccc(Cl)cc4)C34CC(Br)[C@@H]2S4)cc1. The van der Waals surface area contributed by atoms with Crippen LogP contribution in [0.3, 0.4) is 0 Å². The molecule has 2 bridgehead atoms. The minimum Gasteiger partial charge on any atom is -0.494 e. The van der Waals surface area contributed by atoms with E-state index in [-0.39, 0.29) is 34.4 Å². The molecule has 40 heavy (non-hydrogen) atoms. The summed E-state index contributed by atoms with van der Waals surface area (Å²) in [6, 6.07) is 13.3. The van der Waals surface area contributed by atoms with Gasteiger partial charge in [0, 0.05) is 39.6 Å². The fraction of sp³-hybridized carbons (Fsp3) is 0.483. The number of halogens is 2. The Hall–Kier alpha value is -2.27. The summed E-state index contributed by atoms with van der Waals surface area (Å²) in [6.07, 6.45) is 2.64. The lowest BCUT2D eigenvalue weighted by molar-refractivity contribution is -0.138. The number of carbonyl (C=O) groups is 3. The average molecular weight is 651 g/mol. The van der Waals surface area contributed by atoms with E-state index in [1.165, 1.54) is 0 Å². The van der Waals surface area contributed by atoms with E-state index in [1.807, 2.05) is 6.92 Å². The second-order valence-electron chi connectivity index (χ2n) is 10.4. The maximum absolute atomic E-state index is 14.1. The van der Waals surface area contributed by atoms with Gasteiger partial charge in [-0.1, -0.05) is 27.5 Å². The highest BCUT2D eigenvalue weighted by molar-refractivity contribution is 9.09. The zero-order valence-corrected chi connectivity index (χ0v) is 25.3. The first-order valence-corrected chi connectivity index (χ1v) is 15.8. The van der Waals surface area contributed by atoms with Crippen LogP contribution in [0.2, 0.25) is 5.02 Å². The van der Waals surface area contributed by atoms with Gasteiger partial charge in [-0.05, 0) is 81.1 Å². The van der Waals surface area contributed by atoms with Crippen LogP contribution in [0.1, 0.15) is 32.6 Å². The van der Waals surface area contributed by atoms with Crippen molar-refractivity contribution in [2.24, 2.45) is 11.8 Å². The molecule has 3 fully saturated rings. The minimum atomic E-state index is -0.732. The van der Waals surface area contributed by atoms with Crippen LogP contribution in [0.4, 0.5) is 11.4 Å². The van der Waals surface area contributed by atoms with E-state index in [1.54, 1.807) is 65.2 Å². The van der Waals surface area contributed by atoms with Gasteiger partial charge in [-0.3, -0.25) is 14.4 Å². The van der Waals surface area contributed by atoms with Crippen molar-refractivity contribution in [3.8, 4) is 5.75 Å². The number of carbonyl (C=O) groups excluding carboxylic acids is 3. The summed E-state index contributed by atoms with van der Waals surface area (Å²) in [4.78, 5) is 43.4.